The lowest BCUT2D eigenvalue weighted by atomic mass is 10.1. The largest absolute Gasteiger partial charge is 0.349 e. The Kier molecular flexibility index (Phi) is 3.81. The number of aromatic nitrogens is 1. The van der Waals surface area contributed by atoms with E-state index in [0.29, 0.717) is 0 Å². The second kappa shape index (κ2) is 5.73. The molecule has 102 valence electrons. The van der Waals surface area contributed by atoms with E-state index < -0.39 is 0 Å². The molecule has 0 radical (unpaired) electrons. The van der Waals surface area contributed by atoms with Crippen LogP contribution in [0.4, 0.5) is 0 Å². The number of fused-ring (bicyclic) bond motifs is 1. The molecule has 0 saturated heterocycles. The van der Waals surface area contributed by atoms with Crippen LogP contribution in [0.5, 0.6) is 0 Å². The molecule has 0 atom stereocenters. The second-order valence-electron chi connectivity index (χ2n) is 4.96. The fourth-order valence-corrected chi connectivity index (χ4v) is 3.34. The minimum Gasteiger partial charge on any atom is -0.349 e. The maximum Gasteiger partial charge on any atom is 0.0780 e. The summed E-state index contributed by atoms with van der Waals surface area (Å²) in [6, 6.07) is 17.2. The predicted octanol–water partition coefficient (Wildman–Crippen LogP) is 4.35. The van der Waals surface area contributed by atoms with Gasteiger partial charge in [-0.3, -0.25) is 0 Å². The third kappa shape index (κ3) is 2.74. The van der Waals surface area contributed by atoms with Crippen LogP contribution in [0.3, 0.4) is 0 Å². The molecule has 1 heterocycles. The zero-order chi connectivity index (χ0) is 13.9. The van der Waals surface area contributed by atoms with Crippen LogP contribution in [0.1, 0.15) is 11.1 Å². The van der Waals surface area contributed by atoms with Crippen molar-refractivity contribution < 1.29 is 0 Å². The van der Waals surface area contributed by atoms with Gasteiger partial charge in [-0.1, -0.05) is 47.7 Å². The zero-order valence-corrected chi connectivity index (χ0v) is 12.6. The molecule has 0 aliphatic heterocycles. The molecule has 0 fully saturated rings. The minimum atomic E-state index is 0.893. The van der Waals surface area contributed by atoms with Crippen LogP contribution in [0.25, 0.3) is 10.9 Å². The van der Waals surface area contributed by atoms with Crippen molar-refractivity contribution in [1.82, 2.24) is 10.3 Å². The molecule has 3 aromatic rings. The Balaban J connectivity index is 1.93. The van der Waals surface area contributed by atoms with Crippen molar-refractivity contribution in [2.75, 3.05) is 7.05 Å². The molecule has 0 aliphatic rings. The number of aromatic amines is 1. The molecule has 2 aromatic carbocycles. The van der Waals surface area contributed by atoms with Gasteiger partial charge in [-0.05, 0) is 37.7 Å². The molecule has 0 aliphatic carbocycles. The Morgan fingerprint density at radius 1 is 1.10 bits per heavy atom. The van der Waals surface area contributed by atoms with Gasteiger partial charge in [-0.15, -0.1) is 0 Å². The van der Waals surface area contributed by atoms with Crippen LogP contribution in [0.2, 0.25) is 0 Å². The van der Waals surface area contributed by atoms with Gasteiger partial charge < -0.3 is 10.3 Å². The average molecular weight is 282 g/mol. The first-order valence-electron chi connectivity index (χ1n) is 6.76. The van der Waals surface area contributed by atoms with Crippen LogP contribution in [0, 0.1) is 6.92 Å². The highest BCUT2D eigenvalue weighted by Gasteiger charge is 2.07. The van der Waals surface area contributed by atoms with E-state index in [1.807, 2.05) is 7.05 Å². The summed E-state index contributed by atoms with van der Waals surface area (Å²) in [4.78, 5) is 4.77. The number of rotatable bonds is 4. The molecule has 0 bridgehead atoms. The van der Waals surface area contributed by atoms with Crippen molar-refractivity contribution in [3.63, 3.8) is 0 Å². The normalized spacial score (nSPS) is 11.1. The number of hydrogen-bond donors (Lipinski definition) is 2. The molecule has 1 aromatic heterocycles. The molecule has 0 saturated carbocycles. The summed E-state index contributed by atoms with van der Waals surface area (Å²) in [5.74, 6) is 0. The number of para-hydroxylation sites is 1. The van der Waals surface area contributed by atoms with E-state index in [2.05, 4.69) is 65.8 Å². The highest BCUT2D eigenvalue weighted by atomic mass is 32.2. The average Bonchev–Trinajstić information content (AvgIpc) is 2.84. The lowest BCUT2D eigenvalue weighted by Gasteiger charge is -2.09. The van der Waals surface area contributed by atoms with Crippen molar-refractivity contribution in [1.29, 1.82) is 0 Å². The number of H-pyrrole nitrogens is 1. The summed E-state index contributed by atoms with van der Waals surface area (Å²) in [7, 11) is 1.99. The maximum atomic E-state index is 3.47. The van der Waals surface area contributed by atoms with Gasteiger partial charge in [0.1, 0.15) is 0 Å². The highest BCUT2D eigenvalue weighted by molar-refractivity contribution is 7.99. The van der Waals surface area contributed by atoms with Crippen molar-refractivity contribution in [3.05, 3.63) is 59.7 Å². The fraction of sp³-hybridized carbons (Fsp3) is 0.176. The molecular formula is C17H18N2S. The molecule has 0 spiro atoms. The van der Waals surface area contributed by atoms with E-state index in [-0.39, 0.29) is 0 Å². The zero-order valence-electron chi connectivity index (χ0n) is 11.7. The van der Waals surface area contributed by atoms with E-state index in [1.54, 1.807) is 11.8 Å². The van der Waals surface area contributed by atoms with E-state index in [0.717, 1.165) is 6.54 Å². The molecular weight excluding hydrogens is 264 g/mol. The van der Waals surface area contributed by atoms with Crippen LogP contribution in [-0.4, -0.2) is 12.0 Å². The van der Waals surface area contributed by atoms with Crippen LogP contribution < -0.4 is 5.32 Å². The second-order valence-corrected chi connectivity index (χ2v) is 6.05. The van der Waals surface area contributed by atoms with Gasteiger partial charge in [-0.25, -0.2) is 0 Å². The summed E-state index contributed by atoms with van der Waals surface area (Å²) >= 11 is 1.79. The van der Waals surface area contributed by atoms with Gasteiger partial charge in [0, 0.05) is 22.3 Å². The van der Waals surface area contributed by atoms with Crippen LogP contribution in [-0.2, 0) is 6.54 Å². The fourth-order valence-electron chi connectivity index (χ4n) is 2.36. The predicted molar refractivity (Wildman–Crippen MR) is 86.4 cm³/mol. The Morgan fingerprint density at radius 3 is 2.75 bits per heavy atom. The molecule has 20 heavy (non-hydrogen) atoms. The Bertz CT molecular complexity index is 698. The highest BCUT2D eigenvalue weighted by Crippen LogP contribution is 2.32. The molecule has 0 unspecified atom stereocenters. The topological polar surface area (TPSA) is 27.8 Å². The SMILES string of the molecule is CNCc1cc(C)ccc1Sc1cc2ccccc2[nH]1. The van der Waals surface area contributed by atoms with E-state index in [1.165, 1.54) is 32.0 Å². The number of aryl methyl sites for hydroxylation is 1. The minimum absolute atomic E-state index is 0.893. The number of nitrogens with one attached hydrogen (secondary N) is 2. The Hall–Kier alpha value is -1.71. The molecule has 2 N–H and O–H groups in total. The first-order valence-corrected chi connectivity index (χ1v) is 7.57. The van der Waals surface area contributed by atoms with Gasteiger partial charge in [0.15, 0.2) is 0 Å². The lowest BCUT2D eigenvalue weighted by Crippen LogP contribution is -2.06. The van der Waals surface area contributed by atoms with E-state index in [4.69, 9.17) is 0 Å². The molecule has 3 heteroatoms. The van der Waals surface area contributed by atoms with Crippen molar-refractivity contribution in [2.45, 2.75) is 23.4 Å². The smallest absolute Gasteiger partial charge is 0.0780 e. The maximum absolute atomic E-state index is 3.47. The number of hydrogen-bond acceptors (Lipinski definition) is 2. The van der Waals surface area contributed by atoms with Crippen molar-refractivity contribution >= 4 is 22.7 Å². The lowest BCUT2D eigenvalue weighted by molar-refractivity contribution is 0.802. The summed E-state index contributed by atoms with van der Waals surface area (Å²) in [5, 5.41) is 5.69. The Morgan fingerprint density at radius 2 is 1.95 bits per heavy atom. The molecule has 2 nitrogen and oxygen atoms in total. The van der Waals surface area contributed by atoms with Crippen LogP contribution in [0.15, 0.2) is 58.5 Å². The first-order chi connectivity index (χ1) is 9.76. The first kappa shape index (κ1) is 13.3. The third-order valence-corrected chi connectivity index (χ3v) is 4.37. The summed E-state index contributed by atoms with van der Waals surface area (Å²) in [5.41, 5.74) is 3.84. The standard InChI is InChI=1S/C17H18N2S/c1-12-7-8-16(14(9-12)11-18-2)20-17-10-13-5-3-4-6-15(13)19-17/h3-10,18-19H,11H2,1-2H3. The van der Waals surface area contributed by atoms with Gasteiger partial charge >= 0.3 is 0 Å². The van der Waals surface area contributed by atoms with Gasteiger partial charge in [-0.2, -0.15) is 0 Å². The van der Waals surface area contributed by atoms with Crippen LogP contribution >= 0.6 is 11.8 Å². The van der Waals surface area contributed by atoms with E-state index in [9.17, 15) is 0 Å². The molecule has 0 amide bonds. The Labute approximate surface area is 123 Å². The van der Waals surface area contributed by atoms with Gasteiger partial charge in [0.05, 0.1) is 5.03 Å². The van der Waals surface area contributed by atoms with Gasteiger partial charge in [0.25, 0.3) is 0 Å². The van der Waals surface area contributed by atoms with Crippen molar-refractivity contribution in [3.8, 4) is 0 Å². The van der Waals surface area contributed by atoms with E-state index >= 15 is 0 Å². The monoisotopic (exact) mass is 282 g/mol. The third-order valence-electron chi connectivity index (χ3n) is 3.31. The summed E-state index contributed by atoms with van der Waals surface area (Å²) < 4.78 is 0. The van der Waals surface area contributed by atoms with Gasteiger partial charge in [0.2, 0.25) is 0 Å². The quantitative estimate of drug-likeness (QED) is 0.744. The summed E-state index contributed by atoms with van der Waals surface area (Å²) in [6.07, 6.45) is 0. The number of benzene rings is 2. The van der Waals surface area contributed by atoms with Crippen molar-refractivity contribution in [2.24, 2.45) is 0 Å². The summed E-state index contributed by atoms with van der Waals surface area (Å²) in [6.45, 7) is 3.03. The molecule has 3 rings (SSSR count).